The highest BCUT2D eigenvalue weighted by molar-refractivity contribution is 5.96. The zero-order valence-corrected chi connectivity index (χ0v) is 13.4. The number of aryl methyl sites for hydroxylation is 1. The number of furan rings is 1. The number of aliphatic hydroxyl groups is 1. The van der Waals surface area contributed by atoms with Gasteiger partial charge in [-0.05, 0) is 12.8 Å². The van der Waals surface area contributed by atoms with Gasteiger partial charge in [0.1, 0.15) is 11.3 Å². The summed E-state index contributed by atoms with van der Waals surface area (Å²) in [7, 11) is 0. The molecule has 1 heterocycles. The molecule has 1 aromatic heterocycles. The number of hydrogen-bond donors (Lipinski definition) is 3. The fourth-order valence-corrected chi connectivity index (χ4v) is 2.55. The SMILES string of the molecule is CCCC(O)(CCC)CNC(=O)c1cc(C(=O)O)c(CC)o1. The van der Waals surface area contributed by atoms with Crippen molar-refractivity contribution in [3.05, 3.63) is 23.2 Å². The van der Waals surface area contributed by atoms with Crippen molar-refractivity contribution >= 4 is 11.9 Å². The Hall–Kier alpha value is -1.82. The van der Waals surface area contributed by atoms with E-state index in [1.165, 1.54) is 6.07 Å². The first-order valence-corrected chi connectivity index (χ1v) is 7.73. The maximum absolute atomic E-state index is 12.1. The molecule has 0 aliphatic heterocycles. The van der Waals surface area contributed by atoms with Gasteiger partial charge in [0, 0.05) is 19.0 Å². The molecular formula is C16H25NO5. The molecule has 0 aromatic carbocycles. The monoisotopic (exact) mass is 311 g/mol. The zero-order chi connectivity index (χ0) is 16.8. The van der Waals surface area contributed by atoms with Gasteiger partial charge in [0.2, 0.25) is 0 Å². The maximum Gasteiger partial charge on any atom is 0.339 e. The highest BCUT2D eigenvalue weighted by Gasteiger charge is 2.27. The number of hydrogen-bond acceptors (Lipinski definition) is 4. The molecule has 124 valence electrons. The van der Waals surface area contributed by atoms with Crippen molar-refractivity contribution in [3.8, 4) is 0 Å². The summed E-state index contributed by atoms with van der Waals surface area (Å²) < 4.78 is 5.30. The lowest BCUT2D eigenvalue weighted by Crippen LogP contribution is -2.42. The molecular weight excluding hydrogens is 286 g/mol. The quantitative estimate of drug-likeness (QED) is 0.651. The number of nitrogens with one attached hydrogen (secondary N) is 1. The Bertz CT molecular complexity index is 515. The van der Waals surface area contributed by atoms with Crippen LogP contribution < -0.4 is 5.32 Å². The van der Waals surface area contributed by atoms with Crippen molar-refractivity contribution in [2.24, 2.45) is 0 Å². The first kappa shape index (κ1) is 18.2. The van der Waals surface area contributed by atoms with E-state index in [0.717, 1.165) is 12.8 Å². The second-order valence-electron chi connectivity index (χ2n) is 5.51. The van der Waals surface area contributed by atoms with E-state index >= 15 is 0 Å². The topological polar surface area (TPSA) is 99.8 Å². The molecule has 0 spiro atoms. The van der Waals surface area contributed by atoms with Crippen LogP contribution in [0.3, 0.4) is 0 Å². The molecule has 0 saturated heterocycles. The van der Waals surface area contributed by atoms with Crippen LogP contribution in [0.25, 0.3) is 0 Å². The molecule has 0 aliphatic rings. The Labute approximate surface area is 130 Å². The third kappa shape index (κ3) is 4.59. The van der Waals surface area contributed by atoms with Gasteiger partial charge in [0.15, 0.2) is 5.76 Å². The van der Waals surface area contributed by atoms with Crippen LogP contribution in [0.4, 0.5) is 0 Å². The van der Waals surface area contributed by atoms with Crippen LogP contribution in [0.1, 0.15) is 73.1 Å². The van der Waals surface area contributed by atoms with Gasteiger partial charge in [-0.25, -0.2) is 4.79 Å². The maximum atomic E-state index is 12.1. The number of amides is 1. The first-order valence-electron chi connectivity index (χ1n) is 7.73. The second-order valence-corrected chi connectivity index (χ2v) is 5.51. The average Bonchev–Trinajstić information content (AvgIpc) is 2.90. The van der Waals surface area contributed by atoms with E-state index < -0.39 is 17.5 Å². The van der Waals surface area contributed by atoms with Crippen LogP contribution in [0.2, 0.25) is 0 Å². The molecule has 0 bridgehead atoms. The predicted octanol–water partition coefficient (Wildman–Crippen LogP) is 2.60. The molecule has 6 heteroatoms. The Balaban J connectivity index is 2.78. The Morgan fingerprint density at radius 1 is 1.23 bits per heavy atom. The van der Waals surface area contributed by atoms with Crippen LogP contribution in [-0.2, 0) is 6.42 Å². The lowest BCUT2D eigenvalue weighted by atomic mass is 9.92. The van der Waals surface area contributed by atoms with Gasteiger partial charge >= 0.3 is 5.97 Å². The molecule has 6 nitrogen and oxygen atoms in total. The zero-order valence-electron chi connectivity index (χ0n) is 13.4. The molecule has 0 atom stereocenters. The highest BCUT2D eigenvalue weighted by Crippen LogP contribution is 2.20. The van der Waals surface area contributed by atoms with Gasteiger partial charge in [-0.1, -0.05) is 33.6 Å². The van der Waals surface area contributed by atoms with Crippen molar-refractivity contribution in [1.29, 1.82) is 0 Å². The standard InChI is InChI=1S/C16H25NO5/c1-4-7-16(21,8-5-2)10-17-14(18)13-9-11(15(19)20)12(6-3)22-13/h9,21H,4-8,10H2,1-3H3,(H,17,18)(H,19,20). The highest BCUT2D eigenvalue weighted by atomic mass is 16.4. The smallest absolute Gasteiger partial charge is 0.339 e. The number of carboxylic acid groups (broad SMARTS) is 1. The summed E-state index contributed by atoms with van der Waals surface area (Å²) in [6.07, 6.45) is 3.22. The van der Waals surface area contributed by atoms with E-state index in [-0.39, 0.29) is 23.6 Å². The average molecular weight is 311 g/mol. The second kappa shape index (κ2) is 7.98. The van der Waals surface area contributed by atoms with Gasteiger partial charge in [0.05, 0.1) is 5.60 Å². The summed E-state index contributed by atoms with van der Waals surface area (Å²) >= 11 is 0. The lowest BCUT2D eigenvalue weighted by Gasteiger charge is -2.27. The molecule has 0 radical (unpaired) electrons. The largest absolute Gasteiger partial charge is 0.478 e. The first-order chi connectivity index (χ1) is 10.4. The number of carbonyl (C=O) groups is 2. The third-order valence-corrected chi connectivity index (χ3v) is 3.59. The fraction of sp³-hybridized carbons (Fsp3) is 0.625. The van der Waals surface area contributed by atoms with Crippen LogP contribution >= 0.6 is 0 Å². The van der Waals surface area contributed by atoms with Gasteiger partial charge < -0.3 is 19.9 Å². The van der Waals surface area contributed by atoms with Gasteiger partial charge in [0.25, 0.3) is 5.91 Å². The minimum absolute atomic E-state index is 0.00466. The summed E-state index contributed by atoms with van der Waals surface area (Å²) in [4.78, 5) is 23.2. The summed E-state index contributed by atoms with van der Waals surface area (Å²) in [6.45, 7) is 5.83. The van der Waals surface area contributed by atoms with Crippen LogP contribution in [0.15, 0.2) is 10.5 Å². The van der Waals surface area contributed by atoms with Crippen molar-refractivity contribution < 1.29 is 24.2 Å². The molecule has 0 saturated carbocycles. The molecule has 1 amide bonds. The molecule has 1 aromatic rings. The van der Waals surface area contributed by atoms with Crippen LogP contribution in [-0.4, -0.2) is 34.2 Å². The number of aromatic carboxylic acids is 1. The Morgan fingerprint density at radius 3 is 2.23 bits per heavy atom. The van der Waals surface area contributed by atoms with Crippen LogP contribution in [0.5, 0.6) is 0 Å². The summed E-state index contributed by atoms with van der Waals surface area (Å²) in [5.74, 6) is -1.39. The van der Waals surface area contributed by atoms with E-state index in [9.17, 15) is 14.7 Å². The normalized spacial score (nSPS) is 11.5. The fourth-order valence-electron chi connectivity index (χ4n) is 2.55. The van der Waals surface area contributed by atoms with E-state index in [1.807, 2.05) is 13.8 Å². The number of rotatable bonds is 9. The minimum atomic E-state index is -1.12. The summed E-state index contributed by atoms with van der Waals surface area (Å²) in [6, 6.07) is 1.23. The van der Waals surface area contributed by atoms with Crippen molar-refractivity contribution in [1.82, 2.24) is 5.32 Å². The van der Waals surface area contributed by atoms with Crippen molar-refractivity contribution in [2.75, 3.05) is 6.54 Å². The number of carboxylic acids is 1. The van der Waals surface area contributed by atoms with E-state index in [0.29, 0.717) is 19.3 Å². The predicted molar refractivity (Wildman–Crippen MR) is 82.1 cm³/mol. The molecule has 0 aliphatic carbocycles. The Morgan fingerprint density at radius 2 is 1.82 bits per heavy atom. The molecule has 0 unspecified atom stereocenters. The van der Waals surface area contributed by atoms with Gasteiger partial charge in [-0.2, -0.15) is 0 Å². The van der Waals surface area contributed by atoms with Crippen molar-refractivity contribution in [3.63, 3.8) is 0 Å². The molecule has 22 heavy (non-hydrogen) atoms. The van der Waals surface area contributed by atoms with Crippen LogP contribution in [0, 0.1) is 0 Å². The summed E-state index contributed by atoms with van der Waals surface area (Å²) in [5, 5.41) is 22.2. The van der Waals surface area contributed by atoms with Gasteiger partial charge in [-0.3, -0.25) is 4.79 Å². The van der Waals surface area contributed by atoms with E-state index in [1.54, 1.807) is 6.92 Å². The van der Waals surface area contributed by atoms with E-state index in [4.69, 9.17) is 9.52 Å². The molecule has 3 N–H and O–H groups in total. The lowest BCUT2D eigenvalue weighted by molar-refractivity contribution is 0.0209. The van der Waals surface area contributed by atoms with E-state index in [2.05, 4.69) is 5.32 Å². The minimum Gasteiger partial charge on any atom is -0.478 e. The summed E-state index contributed by atoms with van der Waals surface area (Å²) in [5.41, 5.74) is -0.931. The van der Waals surface area contributed by atoms with Gasteiger partial charge in [-0.15, -0.1) is 0 Å². The Kier molecular flexibility index (Phi) is 6.61. The molecule has 1 rings (SSSR count). The third-order valence-electron chi connectivity index (χ3n) is 3.59. The molecule has 0 fully saturated rings. The number of carbonyl (C=O) groups excluding carboxylic acids is 1. The van der Waals surface area contributed by atoms with Crippen molar-refractivity contribution in [2.45, 2.75) is 58.5 Å².